The molecule has 3 aromatic rings. The van der Waals surface area contributed by atoms with Crippen LogP contribution in [0.15, 0.2) is 44.2 Å². The molecule has 0 saturated heterocycles. The van der Waals surface area contributed by atoms with Crippen molar-refractivity contribution in [2.45, 2.75) is 18.2 Å². The lowest BCUT2D eigenvalue weighted by molar-refractivity contribution is -0.118. The van der Waals surface area contributed by atoms with E-state index in [0.717, 1.165) is 20.5 Å². The number of amides is 1. The molecule has 0 radical (unpaired) electrons. The average molecular weight is 407 g/mol. The average Bonchev–Trinajstić information content (AvgIpc) is 3.25. The summed E-state index contributed by atoms with van der Waals surface area (Å²) in [5.41, 5.74) is 4.35. The standard InChI is InChI=1S/C17H15ClN4O2S2/c1-10-3-4-12(7-14(10)18)15-6-5-13(24-15)8-19-21-16(23)9-25-17-22-20-11(2)26-17/h3-8H,9H2,1-2H3,(H,21,23). The van der Waals surface area contributed by atoms with Gasteiger partial charge in [-0.25, -0.2) is 5.43 Å². The normalized spacial score (nSPS) is 11.2. The van der Waals surface area contributed by atoms with Crippen molar-refractivity contribution in [3.8, 4) is 11.3 Å². The Bertz CT molecular complexity index is 952. The van der Waals surface area contributed by atoms with Crippen molar-refractivity contribution in [3.05, 3.63) is 51.7 Å². The first-order valence-electron chi connectivity index (χ1n) is 7.62. The maximum Gasteiger partial charge on any atom is 0.250 e. The number of rotatable bonds is 6. The molecule has 134 valence electrons. The summed E-state index contributed by atoms with van der Waals surface area (Å²) in [6.07, 6.45) is 1.46. The number of benzene rings is 1. The number of thioether (sulfide) groups is 1. The number of hydrogen-bond donors (Lipinski definition) is 1. The van der Waals surface area contributed by atoms with Crippen LogP contribution in [0, 0.1) is 13.8 Å². The number of carbonyl (C=O) groups excluding carboxylic acids is 1. The molecule has 0 bridgehead atoms. The molecule has 9 heteroatoms. The molecule has 0 atom stereocenters. The lowest BCUT2D eigenvalue weighted by Gasteiger charge is -2.00. The van der Waals surface area contributed by atoms with Crippen molar-refractivity contribution in [3.63, 3.8) is 0 Å². The highest BCUT2D eigenvalue weighted by Gasteiger charge is 2.07. The summed E-state index contributed by atoms with van der Waals surface area (Å²) in [5, 5.41) is 13.3. The van der Waals surface area contributed by atoms with E-state index in [1.165, 1.54) is 29.3 Å². The lowest BCUT2D eigenvalue weighted by atomic mass is 10.1. The summed E-state index contributed by atoms with van der Waals surface area (Å²) < 4.78 is 6.46. The number of aryl methyl sites for hydroxylation is 2. The van der Waals surface area contributed by atoms with E-state index in [1.807, 2.05) is 38.1 Å². The van der Waals surface area contributed by atoms with Crippen molar-refractivity contribution in [1.29, 1.82) is 0 Å². The second-order valence-corrected chi connectivity index (χ2v) is 8.15. The molecule has 0 aliphatic carbocycles. The predicted octanol–water partition coefficient (Wildman–Crippen LogP) is 4.31. The molecule has 1 N–H and O–H groups in total. The van der Waals surface area contributed by atoms with Crippen molar-refractivity contribution >= 4 is 46.8 Å². The Hall–Kier alpha value is -2.16. The zero-order valence-electron chi connectivity index (χ0n) is 14.0. The van der Waals surface area contributed by atoms with E-state index >= 15 is 0 Å². The van der Waals surface area contributed by atoms with Gasteiger partial charge in [-0.05, 0) is 37.6 Å². The summed E-state index contributed by atoms with van der Waals surface area (Å²) in [7, 11) is 0. The van der Waals surface area contributed by atoms with Crippen molar-refractivity contribution in [1.82, 2.24) is 15.6 Å². The Morgan fingerprint density at radius 1 is 1.35 bits per heavy atom. The summed E-state index contributed by atoms with van der Waals surface area (Å²) in [4.78, 5) is 11.8. The van der Waals surface area contributed by atoms with Gasteiger partial charge in [0, 0.05) is 10.6 Å². The van der Waals surface area contributed by atoms with Gasteiger partial charge in [-0.3, -0.25) is 4.79 Å². The smallest absolute Gasteiger partial charge is 0.250 e. The van der Waals surface area contributed by atoms with Gasteiger partial charge >= 0.3 is 0 Å². The van der Waals surface area contributed by atoms with E-state index in [9.17, 15) is 4.79 Å². The van der Waals surface area contributed by atoms with Gasteiger partial charge in [0.15, 0.2) is 4.34 Å². The monoisotopic (exact) mass is 406 g/mol. The SMILES string of the molecule is Cc1nnc(SCC(=O)NN=Cc2ccc(-c3ccc(C)c(Cl)c3)o2)s1. The molecule has 1 aromatic carbocycles. The third-order valence-electron chi connectivity index (χ3n) is 3.30. The Labute approximate surface area is 163 Å². The fourth-order valence-electron chi connectivity index (χ4n) is 1.99. The van der Waals surface area contributed by atoms with Crippen LogP contribution in [0.25, 0.3) is 11.3 Å². The number of hydrazone groups is 1. The van der Waals surface area contributed by atoms with Gasteiger partial charge in [-0.1, -0.05) is 46.8 Å². The summed E-state index contributed by atoms with van der Waals surface area (Å²) >= 11 is 8.91. The van der Waals surface area contributed by atoms with Crippen LogP contribution >= 0.6 is 34.7 Å². The molecule has 6 nitrogen and oxygen atoms in total. The fourth-order valence-corrected chi connectivity index (χ4v) is 3.78. The second-order valence-electron chi connectivity index (χ2n) is 5.33. The number of hydrogen-bond acceptors (Lipinski definition) is 7. The first-order chi connectivity index (χ1) is 12.5. The number of aromatic nitrogens is 2. The van der Waals surface area contributed by atoms with Gasteiger partial charge in [0.1, 0.15) is 16.5 Å². The Morgan fingerprint density at radius 2 is 2.19 bits per heavy atom. The van der Waals surface area contributed by atoms with Gasteiger partial charge in [-0.15, -0.1) is 10.2 Å². The fraction of sp³-hybridized carbons (Fsp3) is 0.176. The zero-order valence-corrected chi connectivity index (χ0v) is 16.4. The molecule has 0 aliphatic rings. The maximum absolute atomic E-state index is 11.8. The number of nitrogens with one attached hydrogen (secondary N) is 1. The van der Waals surface area contributed by atoms with E-state index in [1.54, 1.807) is 6.07 Å². The van der Waals surface area contributed by atoms with Gasteiger partial charge in [-0.2, -0.15) is 5.10 Å². The van der Waals surface area contributed by atoms with E-state index in [4.69, 9.17) is 16.0 Å². The van der Waals surface area contributed by atoms with Crippen molar-refractivity contribution in [2.24, 2.45) is 5.10 Å². The Balaban J connectivity index is 1.53. The van der Waals surface area contributed by atoms with Crippen molar-refractivity contribution < 1.29 is 9.21 Å². The van der Waals surface area contributed by atoms with Crippen molar-refractivity contribution in [2.75, 3.05) is 5.75 Å². The third-order valence-corrected chi connectivity index (χ3v) is 5.68. The van der Waals surface area contributed by atoms with Crippen LogP contribution in [0.2, 0.25) is 5.02 Å². The van der Waals surface area contributed by atoms with E-state index < -0.39 is 0 Å². The molecule has 0 unspecified atom stereocenters. The molecule has 0 saturated carbocycles. The number of halogens is 1. The molecule has 26 heavy (non-hydrogen) atoms. The van der Waals surface area contributed by atoms with E-state index in [0.29, 0.717) is 16.5 Å². The predicted molar refractivity (Wildman–Crippen MR) is 105 cm³/mol. The highest BCUT2D eigenvalue weighted by Crippen LogP contribution is 2.26. The summed E-state index contributed by atoms with van der Waals surface area (Å²) in [6.45, 7) is 3.81. The summed E-state index contributed by atoms with van der Waals surface area (Å²) in [5.74, 6) is 1.21. The maximum atomic E-state index is 11.8. The van der Waals surface area contributed by atoms with Gasteiger partial charge in [0.2, 0.25) is 0 Å². The molecule has 3 rings (SSSR count). The Morgan fingerprint density at radius 3 is 2.92 bits per heavy atom. The van der Waals surface area contributed by atoms with E-state index in [2.05, 4.69) is 20.7 Å². The minimum Gasteiger partial charge on any atom is -0.455 e. The molecule has 1 amide bonds. The van der Waals surface area contributed by atoms with Gasteiger partial charge in [0.05, 0.1) is 12.0 Å². The van der Waals surface area contributed by atoms with E-state index in [-0.39, 0.29) is 11.7 Å². The summed E-state index contributed by atoms with van der Waals surface area (Å²) in [6, 6.07) is 9.33. The largest absolute Gasteiger partial charge is 0.455 e. The van der Waals surface area contributed by atoms with Gasteiger partial charge < -0.3 is 4.42 Å². The number of carbonyl (C=O) groups is 1. The Kier molecular flexibility index (Phi) is 6.08. The molecule has 0 spiro atoms. The molecular formula is C17H15ClN4O2S2. The molecule has 2 aromatic heterocycles. The third kappa shape index (κ3) is 4.94. The highest BCUT2D eigenvalue weighted by molar-refractivity contribution is 8.01. The highest BCUT2D eigenvalue weighted by atomic mass is 35.5. The molecular weight excluding hydrogens is 392 g/mol. The van der Waals surface area contributed by atoms with Crippen LogP contribution < -0.4 is 5.43 Å². The van der Waals surface area contributed by atoms with Crippen LogP contribution in [-0.4, -0.2) is 28.1 Å². The molecule has 0 fully saturated rings. The second kappa shape index (κ2) is 8.48. The quantitative estimate of drug-likeness (QED) is 0.374. The lowest BCUT2D eigenvalue weighted by Crippen LogP contribution is -2.19. The van der Waals surface area contributed by atoms with Crippen LogP contribution in [-0.2, 0) is 4.79 Å². The minimum absolute atomic E-state index is 0.219. The topological polar surface area (TPSA) is 80.4 Å². The number of nitrogens with zero attached hydrogens (tertiary/aromatic N) is 3. The van der Waals surface area contributed by atoms with Gasteiger partial charge in [0.25, 0.3) is 5.91 Å². The van der Waals surface area contributed by atoms with Crippen LogP contribution in [0.3, 0.4) is 0 Å². The van der Waals surface area contributed by atoms with Crippen LogP contribution in [0.1, 0.15) is 16.3 Å². The first kappa shape index (κ1) is 18.6. The molecule has 2 heterocycles. The first-order valence-corrected chi connectivity index (χ1v) is 9.80. The van der Waals surface area contributed by atoms with Crippen LogP contribution in [0.5, 0.6) is 0 Å². The van der Waals surface area contributed by atoms with Crippen LogP contribution in [0.4, 0.5) is 0 Å². The molecule has 0 aliphatic heterocycles. The minimum atomic E-state index is -0.226. The number of furan rings is 1. The zero-order chi connectivity index (χ0) is 18.5.